The van der Waals surface area contributed by atoms with Crippen LogP contribution in [0.15, 0.2) is 40.4 Å². The van der Waals surface area contributed by atoms with E-state index in [1.807, 2.05) is 58.0 Å². The van der Waals surface area contributed by atoms with E-state index in [9.17, 15) is 4.79 Å². The lowest BCUT2D eigenvalue weighted by atomic mass is 10.1. The van der Waals surface area contributed by atoms with Gasteiger partial charge in [-0.1, -0.05) is 13.8 Å². The van der Waals surface area contributed by atoms with Crippen molar-refractivity contribution in [1.82, 2.24) is 9.97 Å². The van der Waals surface area contributed by atoms with Crippen molar-refractivity contribution in [2.45, 2.75) is 43.8 Å². The molecule has 1 aromatic carbocycles. The number of aromatic nitrogens is 2. The van der Waals surface area contributed by atoms with Crippen molar-refractivity contribution in [2.24, 2.45) is 11.7 Å². The van der Waals surface area contributed by atoms with E-state index in [1.54, 1.807) is 0 Å². The molecule has 0 unspecified atom stereocenters. The first-order valence-electron chi connectivity index (χ1n) is 7.52. The number of anilines is 1. The third kappa shape index (κ3) is 5.04. The van der Waals surface area contributed by atoms with Gasteiger partial charge in [0.1, 0.15) is 0 Å². The largest absolute Gasteiger partial charge is 0.325 e. The van der Waals surface area contributed by atoms with Crippen LogP contribution in [0.5, 0.6) is 0 Å². The maximum Gasteiger partial charge on any atom is 0.241 e. The SMILES string of the molecule is Cc1cc(C)nc(Sc2ccc(NC(=O)[C@@H](N)C(C)C)cc2)n1. The van der Waals surface area contributed by atoms with E-state index in [4.69, 9.17) is 5.73 Å². The normalized spacial score (nSPS) is 12.3. The number of nitrogens with two attached hydrogens (primary N) is 1. The van der Waals surface area contributed by atoms with Crippen LogP contribution in [0.4, 0.5) is 5.69 Å². The van der Waals surface area contributed by atoms with Gasteiger partial charge < -0.3 is 11.1 Å². The minimum absolute atomic E-state index is 0.103. The number of nitrogens with one attached hydrogen (secondary N) is 1. The van der Waals surface area contributed by atoms with Crippen molar-refractivity contribution in [2.75, 3.05) is 5.32 Å². The molecular formula is C17H22N4OS. The molecule has 1 heterocycles. The van der Waals surface area contributed by atoms with Crippen LogP contribution in [-0.4, -0.2) is 21.9 Å². The Labute approximate surface area is 141 Å². The van der Waals surface area contributed by atoms with E-state index in [-0.39, 0.29) is 11.8 Å². The molecule has 0 spiro atoms. The molecule has 0 fully saturated rings. The van der Waals surface area contributed by atoms with E-state index in [0.29, 0.717) is 0 Å². The first-order chi connectivity index (χ1) is 10.8. The predicted octanol–water partition coefficient (Wildman–Crippen LogP) is 3.17. The summed E-state index contributed by atoms with van der Waals surface area (Å²) in [5, 5.41) is 3.55. The van der Waals surface area contributed by atoms with Gasteiger partial charge >= 0.3 is 0 Å². The Morgan fingerprint density at radius 2 is 1.70 bits per heavy atom. The van der Waals surface area contributed by atoms with Crippen LogP contribution >= 0.6 is 11.8 Å². The maximum atomic E-state index is 11.9. The Hall–Kier alpha value is -1.92. The van der Waals surface area contributed by atoms with Crippen molar-refractivity contribution >= 4 is 23.4 Å². The molecule has 0 bridgehead atoms. The molecule has 23 heavy (non-hydrogen) atoms. The molecular weight excluding hydrogens is 308 g/mol. The number of benzene rings is 1. The highest BCUT2D eigenvalue weighted by Gasteiger charge is 2.17. The molecule has 0 aliphatic heterocycles. The average Bonchev–Trinajstić information content (AvgIpc) is 2.47. The summed E-state index contributed by atoms with van der Waals surface area (Å²) in [6.45, 7) is 7.76. The van der Waals surface area contributed by atoms with E-state index in [1.165, 1.54) is 11.8 Å². The molecule has 0 saturated heterocycles. The average molecular weight is 330 g/mol. The van der Waals surface area contributed by atoms with E-state index >= 15 is 0 Å². The molecule has 0 aliphatic rings. The number of carbonyl (C=O) groups excluding carboxylic acids is 1. The van der Waals surface area contributed by atoms with Gasteiger partial charge in [0.05, 0.1) is 6.04 Å². The molecule has 1 amide bonds. The first-order valence-corrected chi connectivity index (χ1v) is 8.33. The summed E-state index contributed by atoms with van der Waals surface area (Å²) in [6.07, 6.45) is 0. The van der Waals surface area contributed by atoms with Crippen molar-refractivity contribution in [3.8, 4) is 0 Å². The van der Waals surface area contributed by atoms with Gasteiger partial charge in [-0.3, -0.25) is 4.79 Å². The van der Waals surface area contributed by atoms with Gasteiger partial charge in [-0.15, -0.1) is 0 Å². The van der Waals surface area contributed by atoms with Crippen LogP contribution in [0, 0.1) is 19.8 Å². The number of rotatable bonds is 5. The summed E-state index contributed by atoms with van der Waals surface area (Å²) in [7, 11) is 0. The monoisotopic (exact) mass is 330 g/mol. The third-order valence-electron chi connectivity index (χ3n) is 3.31. The zero-order valence-corrected chi connectivity index (χ0v) is 14.6. The molecule has 0 saturated carbocycles. The van der Waals surface area contributed by atoms with Crippen LogP contribution in [0.3, 0.4) is 0 Å². The Balaban J connectivity index is 2.03. The van der Waals surface area contributed by atoms with Gasteiger partial charge in [0.2, 0.25) is 5.91 Å². The molecule has 6 heteroatoms. The number of amides is 1. The van der Waals surface area contributed by atoms with E-state index in [2.05, 4.69) is 15.3 Å². The minimum atomic E-state index is -0.507. The number of hydrogen-bond donors (Lipinski definition) is 2. The molecule has 3 N–H and O–H groups in total. The first kappa shape index (κ1) is 17.4. The number of aryl methyl sites for hydroxylation is 2. The lowest BCUT2D eigenvalue weighted by molar-refractivity contribution is -0.118. The minimum Gasteiger partial charge on any atom is -0.325 e. The summed E-state index contributed by atoms with van der Waals surface area (Å²) < 4.78 is 0. The number of carbonyl (C=O) groups is 1. The van der Waals surface area contributed by atoms with Crippen LogP contribution in [0.2, 0.25) is 0 Å². The Morgan fingerprint density at radius 1 is 1.13 bits per heavy atom. The molecule has 2 rings (SSSR count). The molecule has 2 aromatic rings. The van der Waals surface area contributed by atoms with Gasteiger partial charge in [-0.25, -0.2) is 9.97 Å². The Morgan fingerprint density at radius 3 is 2.22 bits per heavy atom. The highest BCUT2D eigenvalue weighted by Crippen LogP contribution is 2.26. The van der Waals surface area contributed by atoms with Crippen LogP contribution < -0.4 is 11.1 Å². The van der Waals surface area contributed by atoms with Crippen LogP contribution in [-0.2, 0) is 4.79 Å². The second-order valence-electron chi connectivity index (χ2n) is 5.82. The van der Waals surface area contributed by atoms with Gasteiger partial charge in [-0.2, -0.15) is 0 Å². The summed E-state index contributed by atoms with van der Waals surface area (Å²) >= 11 is 1.50. The molecule has 1 atom stereocenters. The number of hydrogen-bond acceptors (Lipinski definition) is 5. The van der Waals surface area contributed by atoms with E-state index < -0.39 is 6.04 Å². The highest BCUT2D eigenvalue weighted by molar-refractivity contribution is 7.99. The Bertz CT molecular complexity index is 665. The summed E-state index contributed by atoms with van der Waals surface area (Å²) in [5.41, 5.74) is 8.47. The summed E-state index contributed by atoms with van der Waals surface area (Å²) in [4.78, 5) is 21.8. The van der Waals surface area contributed by atoms with Crippen molar-refractivity contribution in [3.63, 3.8) is 0 Å². The van der Waals surface area contributed by atoms with Gasteiger partial charge in [-0.05, 0) is 61.9 Å². The molecule has 122 valence electrons. The predicted molar refractivity (Wildman–Crippen MR) is 93.5 cm³/mol. The Kier molecular flexibility index (Phi) is 5.74. The molecule has 1 aromatic heterocycles. The summed E-state index contributed by atoms with van der Waals surface area (Å²) in [6, 6.07) is 9.02. The van der Waals surface area contributed by atoms with Crippen molar-refractivity contribution in [1.29, 1.82) is 0 Å². The maximum absolute atomic E-state index is 11.9. The molecule has 0 radical (unpaired) electrons. The lowest BCUT2D eigenvalue weighted by Gasteiger charge is -2.15. The van der Waals surface area contributed by atoms with Crippen LogP contribution in [0.1, 0.15) is 25.2 Å². The zero-order valence-electron chi connectivity index (χ0n) is 13.8. The number of nitrogens with zero attached hydrogens (tertiary/aromatic N) is 2. The third-order valence-corrected chi connectivity index (χ3v) is 4.19. The summed E-state index contributed by atoms with van der Waals surface area (Å²) in [5.74, 6) is -0.0652. The van der Waals surface area contributed by atoms with E-state index in [0.717, 1.165) is 27.1 Å². The fraction of sp³-hybridized carbons (Fsp3) is 0.353. The standard InChI is InChI=1S/C17H22N4OS/c1-10(2)15(18)16(22)21-13-5-7-14(8-6-13)23-17-19-11(3)9-12(4)20-17/h5-10,15H,18H2,1-4H3,(H,21,22)/t15-/m0/s1. The fourth-order valence-electron chi connectivity index (χ4n) is 1.98. The van der Waals surface area contributed by atoms with Crippen molar-refractivity contribution in [3.05, 3.63) is 41.7 Å². The van der Waals surface area contributed by atoms with Crippen LogP contribution in [0.25, 0.3) is 0 Å². The van der Waals surface area contributed by atoms with Crippen molar-refractivity contribution < 1.29 is 4.79 Å². The topological polar surface area (TPSA) is 80.9 Å². The quantitative estimate of drug-likeness (QED) is 0.823. The smallest absolute Gasteiger partial charge is 0.241 e. The highest BCUT2D eigenvalue weighted by atomic mass is 32.2. The second kappa shape index (κ2) is 7.57. The van der Waals surface area contributed by atoms with Gasteiger partial charge in [0.15, 0.2) is 5.16 Å². The molecule has 0 aliphatic carbocycles. The second-order valence-corrected chi connectivity index (χ2v) is 6.86. The van der Waals surface area contributed by atoms with Gasteiger partial charge in [0, 0.05) is 22.0 Å². The zero-order chi connectivity index (χ0) is 17.0. The fourth-order valence-corrected chi connectivity index (χ4v) is 2.84. The molecule has 5 nitrogen and oxygen atoms in total. The van der Waals surface area contributed by atoms with Gasteiger partial charge in [0.25, 0.3) is 0 Å². The lowest BCUT2D eigenvalue weighted by Crippen LogP contribution is -2.39.